The molecule has 2 heterocycles. The first-order valence-corrected chi connectivity index (χ1v) is 6.55. The van der Waals surface area contributed by atoms with Gasteiger partial charge in [0.2, 0.25) is 11.8 Å². The molecule has 2 aliphatic rings. The van der Waals surface area contributed by atoms with Crippen molar-refractivity contribution < 1.29 is 24.2 Å². The summed E-state index contributed by atoms with van der Waals surface area (Å²) in [5.74, 6) is -1.89. The maximum atomic E-state index is 12.1. The topological polar surface area (TPSA) is 108 Å². The van der Waals surface area contributed by atoms with E-state index in [0.29, 0.717) is 26.2 Å². The van der Waals surface area contributed by atoms with E-state index in [0.717, 1.165) is 0 Å². The standard InChI is InChI=1S/C12H19N3O5/c1-12(6-13-7-12)20-5-9(16)15-3-2-14-11(19)8(15)4-10(17)18/h8,13H,2-7H2,1H3,(H,14,19)(H,17,18). The van der Waals surface area contributed by atoms with Gasteiger partial charge in [0, 0.05) is 26.2 Å². The highest BCUT2D eigenvalue weighted by Crippen LogP contribution is 2.16. The molecule has 2 rings (SSSR count). The molecule has 8 heteroatoms. The van der Waals surface area contributed by atoms with Gasteiger partial charge in [-0.05, 0) is 6.92 Å². The van der Waals surface area contributed by atoms with Gasteiger partial charge in [0.15, 0.2) is 0 Å². The van der Waals surface area contributed by atoms with Crippen LogP contribution in [0.25, 0.3) is 0 Å². The van der Waals surface area contributed by atoms with Crippen molar-refractivity contribution in [3.05, 3.63) is 0 Å². The van der Waals surface area contributed by atoms with E-state index in [9.17, 15) is 14.4 Å². The van der Waals surface area contributed by atoms with Gasteiger partial charge >= 0.3 is 5.97 Å². The molecule has 0 bridgehead atoms. The Morgan fingerprint density at radius 3 is 2.75 bits per heavy atom. The lowest BCUT2D eigenvalue weighted by atomic mass is 10.0. The van der Waals surface area contributed by atoms with Gasteiger partial charge in [-0.1, -0.05) is 0 Å². The number of aliphatic carboxylic acids is 1. The van der Waals surface area contributed by atoms with Gasteiger partial charge in [-0.25, -0.2) is 0 Å². The normalized spacial score (nSPS) is 24.8. The van der Waals surface area contributed by atoms with Crippen LogP contribution in [0.5, 0.6) is 0 Å². The van der Waals surface area contributed by atoms with Crippen LogP contribution in [0.1, 0.15) is 13.3 Å². The molecule has 0 aromatic rings. The van der Waals surface area contributed by atoms with Crippen LogP contribution in [0.3, 0.4) is 0 Å². The molecule has 3 N–H and O–H groups in total. The number of carbonyl (C=O) groups is 3. The summed E-state index contributed by atoms with van der Waals surface area (Å²) in [6, 6.07) is -0.954. The molecule has 8 nitrogen and oxygen atoms in total. The second-order valence-electron chi connectivity index (χ2n) is 5.33. The predicted molar refractivity (Wildman–Crippen MR) is 68.0 cm³/mol. The van der Waals surface area contributed by atoms with E-state index in [1.807, 2.05) is 6.92 Å². The summed E-state index contributed by atoms with van der Waals surface area (Å²) in [6.45, 7) is 3.76. The fourth-order valence-corrected chi connectivity index (χ4v) is 2.28. The Bertz CT molecular complexity index is 421. The fourth-order valence-electron chi connectivity index (χ4n) is 2.28. The van der Waals surface area contributed by atoms with Crippen molar-refractivity contribution in [3.8, 4) is 0 Å². The minimum Gasteiger partial charge on any atom is -0.481 e. The van der Waals surface area contributed by atoms with Crippen LogP contribution in [0.15, 0.2) is 0 Å². The van der Waals surface area contributed by atoms with Crippen molar-refractivity contribution >= 4 is 17.8 Å². The lowest BCUT2D eigenvalue weighted by molar-refractivity contribution is -0.156. The first-order valence-electron chi connectivity index (χ1n) is 6.55. The number of amides is 2. The van der Waals surface area contributed by atoms with Crippen molar-refractivity contribution in [1.82, 2.24) is 15.5 Å². The predicted octanol–water partition coefficient (Wildman–Crippen LogP) is -1.83. The summed E-state index contributed by atoms with van der Waals surface area (Å²) >= 11 is 0. The highest BCUT2D eigenvalue weighted by Gasteiger charge is 2.37. The number of ether oxygens (including phenoxy) is 1. The van der Waals surface area contributed by atoms with Gasteiger partial charge in [-0.3, -0.25) is 14.4 Å². The van der Waals surface area contributed by atoms with Gasteiger partial charge in [-0.2, -0.15) is 0 Å². The minimum absolute atomic E-state index is 0.137. The molecular formula is C12H19N3O5. The van der Waals surface area contributed by atoms with E-state index in [2.05, 4.69) is 10.6 Å². The Morgan fingerprint density at radius 2 is 2.20 bits per heavy atom. The summed E-state index contributed by atoms with van der Waals surface area (Å²) in [4.78, 5) is 35.9. The van der Waals surface area contributed by atoms with E-state index in [-0.39, 0.29) is 18.1 Å². The van der Waals surface area contributed by atoms with Gasteiger partial charge in [0.1, 0.15) is 12.6 Å². The molecule has 20 heavy (non-hydrogen) atoms. The average molecular weight is 285 g/mol. The lowest BCUT2D eigenvalue weighted by Gasteiger charge is -2.40. The van der Waals surface area contributed by atoms with Gasteiger partial charge in [-0.15, -0.1) is 0 Å². The molecule has 1 unspecified atom stereocenters. The van der Waals surface area contributed by atoms with Crippen molar-refractivity contribution in [2.24, 2.45) is 0 Å². The molecule has 2 fully saturated rings. The minimum atomic E-state index is -1.11. The number of hydrogen-bond acceptors (Lipinski definition) is 5. The van der Waals surface area contributed by atoms with E-state index < -0.39 is 24.3 Å². The highest BCUT2D eigenvalue weighted by molar-refractivity contribution is 5.91. The summed E-state index contributed by atoms with van der Waals surface area (Å²) in [5, 5.41) is 14.5. The lowest BCUT2D eigenvalue weighted by Crippen LogP contribution is -2.61. The maximum Gasteiger partial charge on any atom is 0.305 e. The number of nitrogens with zero attached hydrogens (tertiary/aromatic N) is 1. The summed E-state index contributed by atoms with van der Waals surface area (Å²) < 4.78 is 5.54. The van der Waals surface area contributed by atoms with Crippen molar-refractivity contribution in [3.63, 3.8) is 0 Å². The van der Waals surface area contributed by atoms with Crippen LogP contribution in [0.2, 0.25) is 0 Å². The van der Waals surface area contributed by atoms with Crippen LogP contribution < -0.4 is 10.6 Å². The zero-order chi connectivity index (χ0) is 14.8. The van der Waals surface area contributed by atoms with E-state index >= 15 is 0 Å². The molecule has 112 valence electrons. The number of piperazine rings is 1. The Hall–Kier alpha value is -1.67. The Morgan fingerprint density at radius 1 is 1.50 bits per heavy atom. The maximum absolute atomic E-state index is 12.1. The van der Waals surface area contributed by atoms with Crippen molar-refractivity contribution in [1.29, 1.82) is 0 Å². The number of carboxylic acid groups (broad SMARTS) is 1. The summed E-state index contributed by atoms with van der Waals surface area (Å²) in [7, 11) is 0. The Balaban J connectivity index is 1.94. The van der Waals surface area contributed by atoms with Gasteiger partial charge < -0.3 is 25.4 Å². The highest BCUT2D eigenvalue weighted by atomic mass is 16.5. The molecule has 0 aliphatic carbocycles. The third-order valence-electron chi connectivity index (χ3n) is 3.56. The van der Waals surface area contributed by atoms with Gasteiger partial charge in [0.25, 0.3) is 0 Å². The number of rotatable bonds is 5. The van der Waals surface area contributed by atoms with Crippen LogP contribution in [-0.4, -0.2) is 72.2 Å². The van der Waals surface area contributed by atoms with E-state index in [1.54, 1.807) is 0 Å². The van der Waals surface area contributed by atoms with Crippen molar-refractivity contribution in [2.45, 2.75) is 25.0 Å². The van der Waals surface area contributed by atoms with Crippen LogP contribution in [0.4, 0.5) is 0 Å². The first kappa shape index (κ1) is 14.7. The zero-order valence-electron chi connectivity index (χ0n) is 11.3. The zero-order valence-corrected chi connectivity index (χ0v) is 11.3. The number of nitrogens with one attached hydrogen (secondary N) is 2. The quantitative estimate of drug-likeness (QED) is 0.548. The average Bonchev–Trinajstić information content (AvgIpc) is 2.35. The molecule has 0 aromatic heterocycles. The molecule has 0 saturated carbocycles. The summed E-state index contributed by atoms with van der Waals surface area (Å²) in [6.07, 6.45) is -0.392. The molecule has 0 spiro atoms. The second kappa shape index (κ2) is 5.76. The fraction of sp³-hybridized carbons (Fsp3) is 0.750. The van der Waals surface area contributed by atoms with Crippen LogP contribution >= 0.6 is 0 Å². The number of carboxylic acids is 1. The summed E-state index contributed by atoms with van der Waals surface area (Å²) in [5.41, 5.74) is -0.351. The molecule has 0 aromatic carbocycles. The Labute approximate surface area is 116 Å². The molecule has 2 saturated heterocycles. The third kappa shape index (κ3) is 3.26. The molecule has 2 amide bonds. The largest absolute Gasteiger partial charge is 0.481 e. The van der Waals surface area contributed by atoms with E-state index in [1.165, 1.54) is 4.90 Å². The van der Waals surface area contributed by atoms with Gasteiger partial charge in [0.05, 0.1) is 12.0 Å². The number of carbonyl (C=O) groups excluding carboxylic acids is 2. The smallest absolute Gasteiger partial charge is 0.305 e. The third-order valence-corrected chi connectivity index (χ3v) is 3.56. The first-order chi connectivity index (χ1) is 9.41. The monoisotopic (exact) mass is 285 g/mol. The molecular weight excluding hydrogens is 266 g/mol. The number of hydrogen-bond donors (Lipinski definition) is 3. The SMILES string of the molecule is CC1(OCC(=O)N2CCNC(=O)C2CC(=O)O)CNC1. The van der Waals surface area contributed by atoms with Crippen LogP contribution in [0, 0.1) is 0 Å². The molecule has 2 aliphatic heterocycles. The Kier molecular flexibility index (Phi) is 4.24. The van der Waals surface area contributed by atoms with E-state index in [4.69, 9.17) is 9.84 Å². The molecule has 1 atom stereocenters. The van der Waals surface area contributed by atoms with Crippen molar-refractivity contribution in [2.75, 3.05) is 32.8 Å². The second-order valence-corrected chi connectivity index (χ2v) is 5.33. The van der Waals surface area contributed by atoms with Crippen LogP contribution in [-0.2, 0) is 19.1 Å². The molecule has 0 radical (unpaired) electrons.